The Balaban J connectivity index is 2.16. The third-order valence-electron chi connectivity index (χ3n) is 2.37. The minimum absolute atomic E-state index is 0.525. The number of hydrogen-bond donors (Lipinski definition) is 0. The minimum atomic E-state index is 0.525. The van der Waals surface area contributed by atoms with E-state index in [0.717, 1.165) is 18.8 Å². The highest BCUT2D eigenvalue weighted by Gasteiger charge is 2.29. The van der Waals surface area contributed by atoms with E-state index in [-0.39, 0.29) is 0 Å². The van der Waals surface area contributed by atoms with E-state index in [9.17, 15) is 0 Å². The van der Waals surface area contributed by atoms with Gasteiger partial charge in [0.1, 0.15) is 17.3 Å². The Morgan fingerprint density at radius 1 is 1.50 bits per heavy atom. The van der Waals surface area contributed by atoms with Crippen LogP contribution >= 0.6 is 11.6 Å². The second-order valence-electron chi connectivity index (χ2n) is 3.62. The second kappa shape index (κ2) is 4.13. The summed E-state index contributed by atoms with van der Waals surface area (Å²) < 4.78 is 0. The highest BCUT2D eigenvalue weighted by Crippen LogP contribution is 2.30. The maximum absolute atomic E-state index is 5.84. The van der Waals surface area contributed by atoms with Crippen molar-refractivity contribution in [3.63, 3.8) is 0 Å². The Labute approximate surface area is 89.1 Å². The minimum Gasteiger partial charge on any atom is -0.354 e. The van der Waals surface area contributed by atoms with Gasteiger partial charge in [-0.05, 0) is 19.3 Å². The van der Waals surface area contributed by atoms with Crippen LogP contribution in [0.3, 0.4) is 0 Å². The molecule has 0 bridgehead atoms. The van der Waals surface area contributed by atoms with Crippen LogP contribution in [-0.4, -0.2) is 22.6 Å². The van der Waals surface area contributed by atoms with Crippen molar-refractivity contribution < 1.29 is 0 Å². The normalized spacial score (nSPS) is 15.6. The molecular formula is C10H14ClN3. The number of aromatic nitrogens is 2. The van der Waals surface area contributed by atoms with Crippen molar-refractivity contribution in [3.05, 3.63) is 17.5 Å². The lowest BCUT2D eigenvalue weighted by atomic mass is 10.4. The van der Waals surface area contributed by atoms with Crippen LogP contribution in [0.2, 0.25) is 5.15 Å². The monoisotopic (exact) mass is 211 g/mol. The van der Waals surface area contributed by atoms with Crippen molar-refractivity contribution in [1.29, 1.82) is 0 Å². The summed E-state index contributed by atoms with van der Waals surface area (Å²) >= 11 is 5.84. The standard InChI is InChI=1S/C10H14ClN3/c1-2-5-14(8-3-4-8)10-6-9(11)12-7-13-10/h6-8H,2-5H2,1H3. The molecule has 1 aromatic heterocycles. The summed E-state index contributed by atoms with van der Waals surface area (Å²) in [6.07, 6.45) is 5.23. The van der Waals surface area contributed by atoms with Crippen molar-refractivity contribution in [3.8, 4) is 0 Å². The average molecular weight is 212 g/mol. The molecule has 0 aromatic carbocycles. The summed E-state index contributed by atoms with van der Waals surface area (Å²) in [5.41, 5.74) is 0. The highest BCUT2D eigenvalue weighted by molar-refractivity contribution is 6.29. The van der Waals surface area contributed by atoms with E-state index in [0.29, 0.717) is 11.2 Å². The van der Waals surface area contributed by atoms with Gasteiger partial charge in [-0.3, -0.25) is 0 Å². The van der Waals surface area contributed by atoms with E-state index >= 15 is 0 Å². The molecule has 0 amide bonds. The Morgan fingerprint density at radius 2 is 2.29 bits per heavy atom. The van der Waals surface area contributed by atoms with E-state index in [1.165, 1.54) is 19.2 Å². The topological polar surface area (TPSA) is 29.0 Å². The van der Waals surface area contributed by atoms with Gasteiger partial charge in [-0.2, -0.15) is 0 Å². The summed E-state index contributed by atoms with van der Waals surface area (Å²) in [5.74, 6) is 0.967. The number of anilines is 1. The average Bonchev–Trinajstić information content (AvgIpc) is 2.97. The molecule has 1 aromatic rings. The van der Waals surface area contributed by atoms with Gasteiger partial charge in [0.05, 0.1) is 0 Å². The number of halogens is 1. The fourth-order valence-corrected chi connectivity index (χ4v) is 1.73. The summed E-state index contributed by atoms with van der Waals surface area (Å²) in [7, 11) is 0. The first-order valence-corrected chi connectivity index (χ1v) is 5.43. The van der Waals surface area contributed by atoms with Crippen LogP contribution in [0.4, 0.5) is 5.82 Å². The molecule has 3 nitrogen and oxygen atoms in total. The van der Waals surface area contributed by atoms with Gasteiger partial charge in [0.2, 0.25) is 0 Å². The number of nitrogens with zero attached hydrogens (tertiary/aromatic N) is 3. The van der Waals surface area contributed by atoms with Crippen LogP contribution in [0.5, 0.6) is 0 Å². The Kier molecular flexibility index (Phi) is 2.87. The summed E-state index contributed by atoms with van der Waals surface area (Å²) in [5, 5.41) is 0.525. The summed E-state index contributed by atoms with van der Waals surface area (Å²) in [6, 6.07) is 2.52. The number of hydrogen-bond acceptors (Lipinski definition) is 3. The van der Waals surface area contributed by atoms with Crippen LogP contribution in [0.1, 0.15) is 26.2 Å². The molecule has 0 aliphatic heterocycles. The van der Waals surface area contributed by atoms with Crippen LogP contribution < -0.4 is 4.90 Å². The predicted octanol–water partition coefficient (Wildman–Crippen LogP) is 2.51. The van der Waals surface area contributed by atoms with Crippen LogP contribution in [0.15, 0.2) is 12.4 Å². The zero-order valence-corrected chi connectivity index (χ0v) is 9.04. The molecule has 0 atom stereocenters. The molecule has 1 aliphatic rings. The van der Waals surface area contributed by atoms with Crippen molar-refractivity contribution in [2.24, 2.45) is 0 Å². The number of rotatable bonds is 4. The fraction of sp³-hybridized carbons (Fsp3) is 0.600. The molecular weight excluding hydrogens is 198 g/mol. The van der Waals surface area contributed by atoms with Crippen molar-refractivity contribution in [2.75, 3.05) is 11.4 Å². The molecule has 1 aliphatic carbocycles. The maximum atomic E-state index is 5.84. The molecule has 1 heterocycles. The first kappa shape index (κ1) is 9.71. The predicted molar refractivity (Wildman–Crippen MR) is 57.7 cm³/mol. The quantitative estimate of drug-likeness (QED) is 0.717. The summed E-state index contributed by atoms with van der Waals surface area (Å²) in [4.78, 5) is 10.5. The van der Waals surface area contributed by atoms with Gasteiger partial charge >= 0.3 is 0 Å². The van der Waals surface area contributed by atoms with Gasteiger partial charge in [0.25, 0.3) is 0 Å². The molecule has 1 saturated carbocycles. The van der Waals surface area contributed by atoms with Gasteiger partial charge in [-0.15, -0.1) is 0 Å². The van der Waals surface area contributed by atoms with E-state index in [2.05, 4.69) is 21.8 Å². The Morgan fingerprint density at radius 3 is 2.86 bits per heavy atom. The first-order valence-electron chi connectivity index (χ1n) is 5.05. The van der Waals surface area contributed by atoms with Crippen LogP contribution in [0, 0.1) is 0 Å². The van der Waals surface area contributed by atoms with Crippen molar-refractivity contribution in [1.82, 2.24) is 9.97 Å². The van der Waals surface area contributed by atoms with Gasteiger partial charge in [-0.25, -0.2) is 9.97 Å². The smallest absolute Gasteiger partial charge is 0.134 e. The molecule has 4 heteroatoms. The third kappa shape index (κ3) is 2.15. The molecule has 0 spiro atoms. The second-order valence-corrected chi connectivity index (χ2v) is 4.01. The molecule has 0 unspecified atom stereocenters. The van der Waals surface area contributed by atoms with E-state index in [1.807, 2.05) is 6.07 Å². The Bertz CT molecular complexity index is 312. The largest absolute Gasteiger partial charge is 0.354 e. The lowest BCUT2D eigenvalue weighted by Crippen LogP contribution is -2.27. The van der Waals surface area contributed by atoms with Gasteiger partial charge in [0, 0.05) is 18.7 Å². The maximum Gasteiger partial charge on any atom is 0.134 e. The van der Waals surface area contributed by atoms with Crippen LogP contribution in [-0.2, 0) is 0 Å². The lowest BCUT2D eigenvalue weighted by molar-refractivity contribution is 0.748. The lowest BCUT2D eigenvalue weighted by Gasteiger charge is -2.22. The van der Waals surface area contributed by atoms with Crippen molar-refractivity contribution in [2.45, 2.75) is 32.2 Å². The zero-order valence-electron chi connectivity index (χ0n) is 8.28. The molecule has 1 fully saturated rings. The van der Waals surface area contributed by atoms with Crippen LogP contribution in [0.25, 0.3) is 0 Å². The van der Waals surface area contributed by atoms with E-state index in [4.69, 9.17) is 11.6 Å². The molecule has 0 radical (unpaired) electrons. The molecule has 76 valence electrons. The van der Waals surface area contributed by atoms with Crippen molar-refractivity contribution >= 4 is 17.4 Å². The zero-order chi connectivity index (χ0) is 9.97. The fourth-order valence-electron chi connectivity index (χ4n) is 1.59. The molecule has 14 heavy (non-hydrogen) atoms. The molecule has 0 saturated heterocycles. The SMILES string of the molecule is CCCN(c1cc(Cl)ncn1)C1CC1. The van der Waals surface area contributed by atoms with Gasteiger partial charge < -0.3 is 4.90 Å². The van der Waals surface area contributed by atoms with E-state index in [1.54, 1.807) is 0 Å². The third-order valence-corrected chi connectivity index (χ3v) is 2.57. The van der Waals surface area contributed by atoms with E-state index < -0.39 is 0 Å². The first-order chi connectivity index (χ1) is 6.81. The Hall–Kier alpha value is -0.830. The summed E-state index contributed by atoms with van der Waals surface area (Å²) in [6.45, 7) is 3.23. The highest BCUT2D eigenvalue weighted by atomic mass is 35.5. The van der Waals surface area contributed by atoms with Gasteiger partial charge in [0.15, 0.2) is 0 Å². The van der Waals surface area contributed by atoms with Gasteiger partial charge in [-0.1, -0.05) is 18.5 Å². The molecule has 0 N–H and O–H groups in total. The molecule has 2 rings (SSSR count).